The third-order valence-corrected chi connectivity index (χ3v) is 1.55. The molecule has 5 heteroatoms. The van der Waals surface area contributed by atoms with Crippen molar-refractivity contribution in [1.82, 2.24) is 0 Å². The van der Waals surface area contributed by atoms with Crippen LogP contribution in [0.1, 0.15) is 5.56 Å². The molecule has 0 unspecified atom stereocenters. The molecule has 0 aliphatic carbocycles. The number of nitriles is 1. The van der Waals surface area contributed by atoms with E-state index in [2.05, 4.69) is 5.32 Å². The molecular formula is C9H7F3N2. The summed E-state index contributed by atoms with van der Waals surface area (Å²) in [6.45, 7) is -0.608. The van der Waals surface area contributed by atoms with Crippen LogP contribution in [0.15, 0.2) is 18.2 Å². The van der Waals surface area contributed by atoms with E-state index in [1.165, 1.54) is 12.1 Å². The Balaban J connectivity index is 2.75. The highest BCUT2D eigenvalue weighted by molar-refractivity contribution is 5.48. The summed E-state index contributed by atoms with van der Waals surface area (Å²) in [6.07, 6.45) is -2.54. The fourth-order valence-corrected chi connectivity index (χ4v) is 0.915. The van der Waals surface area contributed by atoms with Gasteiger partial charge in [-0.1, -0.05) is 0 Å². The number of alkyl halides is 2. The molecule has 1 aromatic rings. The van der Waals surface area contributed by atoms with Crippen LogP contribution in [0.5, 0.6) is 0 Å². The van der Waals surface area contributed by atoms with Crippen LogP contribution < -0.4 is 5.32 Å². The number of halogens is 3. The molecule has 0 spiro atoms. The largest absolute Gasteiger partial charge is 0.377 e. The maximum Gasteiger partial charge on any atom is 0.255 e. The van der Waals surface area contributed by atoms with Crippen molar-refractivity contribution >= 4 is 5.69 Å². The topological polar surface area (TPSA) is 35.8 Å². The van der Waals surface area contributed by atoms with E-state index in [-0.39, 0.29) is 11.3 Å². The third kappa shape index (κ3) is 2.66. The molecule has 74 valence electrons. The predicted octanol–water partition coefficient (Wildman–Crippen LogP) is 2.37. The summed E-state index contributed by atoms with van der Waals surface area (Å²) in [6, 6.07) is 5.36. The molecule has 0 saturated heterocycles. The first-order valence-electron chi connectivity index (χ1n) is 3.85. The van der Waals surface area contributed by atoms with Gasteiger partial charge in [0, 0.05) is 0 Å². The summed E-state index contributed by atoms with van der Waals surface area (Å²) in [7, 11) is 0. The minimum Gasteiger partial charge on any atom is -0.377 e. The van der Waals surface area contributed by atoms with Crippen molar-refractivity contribution in [1.29, 1.82) is 5.26 Å². The van der Waals surface area contributed by atoms with Crippen LogP contribution in [0.4, 0.5) is 18.9 Å². The molecular weight excluding hydrogens is 193 g/mol. The van der Waals surface area contributed by atoms with Crippen LogP contribution in [-0.2, 0) is 0 Å². The number of hydrogen-bond acceptors (Lipinski definition) is 2. The highest BCUT2D eigenvalue weighted by Crippen LogP contribution is 2.15. The zero-order valence-electron chi connectivity index (χ0n) is 7.10. The van der Waals surface area contributed by atoms with E-state index in [4.69, 9.17) is 5.26 Å². The molecule has 1 aromatic carbocycles. The number of nitrogens with zero attached hydrogens (tertiary/aromatic N) is 1. The van der Waals surface area contributed by atoms with Crippen molar-refractivity contribution in [3.8, 4) is 6.07 Å². The van der Waals surface area contributed by atoms with Gasteiger partial charge in [0.2, 0.25) is 0 Å². The van der Waals surface area contributed by atoms with Crippen LogP contribution >= 0.6 is 0 Å². The molecule has 0 saturated carbocycles. The number of benzene rings is 1. The van der Waals surface area contributed by atoms with Gasteiger partial charge >= 0.3 is 0 Å². The number of rotatable bonds is 3. The first kappa shape index (κ1) is 10.4. The molecule has 1 rings (SSSR count). The minimum atomic E-state index is -2.54. The van der Waals surface area contributed by atoms with Crippen molar-refractivity contribution < 1.29 is 13.2 Å². The Labute approximate surface area is 79.0 Å². The van der Waals surface area contributed by atoms with Gasteiger partial charge in [0.1, 0.15) is 5.82 Å². The second-order valence-corrected chi connectivity index (χ2v) is 2.58. The van der Waals surface area contributed by atoms with Crippen LogP contribution in [0, 0.1) is 17.1 Å². The average Bonchev–Trinajstić information content (AvgIpc) is 2.15. The lowest BCUT2D eigenvalue weighted by molar-refractivity contribution is 0.163. The molecule has 0 radical (unpaired) electrons. The summed E-state index contributed by atoms with van der Waals surface area (Å²) in [5, 5.41) is 10.6. The Kier molecular flexibility index (Phi) is 3.35. The van der Waals surface area contributed by atoms with E-state index < -0.39 is 18.8 Å². The zero-order chi connectivity index (χ0) is 10.6. The van der Waals surface area contributed by atoms with Crippen LogP contribution in [0.2, 0.25) is 0 Å². The van der Waals surface area contributed by atoms with Gasteiger partial charge in [0.15, 0.2) is 0 Å². The number of nitrogens with one attached hydrogen (secondary N) is 1. The quantitative estimate of drug-likeness (QED) is 0.813. The maximum atomic E-state index is 13.0. The summed E-state index contributed by atoms with van der Waals surface area (Å²) in [4.78, 5) is 0. The summed E-state index contributed by atoms with van der Waals surface area (Å²) >= 11 is 0. The van der Waals surface area contributed by atoms with Crippen molar-refractivity contribution in [2.45, 2.75) is 6.43 Å². The second-order valence-electron chi connectivity index (χ2n) is 2.58. The molecule has 0 atom stereocenters. The molecule has 2 nitrogen and oxygen atoms in total. The summed E-state index contributed by atoms with van der Waals surface area (Å²) < 4.78 is 36.5. The molecule has 14 heavy (non-hydrogen) atoms. The van der Waals surface area contributed by atoms with Gasteiger partial charge < -0.3 is 5.32 Å². The molecule has 0 bridgehead atoms. The van der Waals surface area contributed by atoms with Gasteiger partial charge in [-0.25, -0.2) is 13.2 Å². The zero-order valence-corrected chi connectivity index (χ0v) is 7.10. The van der Waals surface area contributed by atoms with Crippen LogP contribution in [-0.4, -0.2) is 13.0 Å². The standard InChI is InChI=1S/C9H7F3N2/c10-7-3-6(4-13)1-2-8(7)14-5-9(11)12/h1-3,9,14H,5H2. The van der Waals surface area contributed by atoms with Crippen LogP contribution in [0.25, 0.3) is 0 Å². The Bertz CT molecular complexity index is 358. The van der Waals surface area contributed by atoms with Gasteiger partial charge in [0.25, 0.3) is 6.43 Å². The highest BCUT2D eigenvalue weighted by atomic mass is 19.3. The lowest BCUT2D eigenvalue weighted by Gasteiger charge is -2.06. The van der Waals surface area contributed by atoms with Crippen molar-refractivity contribution in [2.75, 3.05) is 11.9 Å². The van der Waals surface area contributed by atoms with Crippen molar-refractivity contribution in [2.24, 2.45) is 0 Å². The fourth-order valence-electron chi connectivity index (χ4n) is 0.915. The second kappa shape index (κ2) is 4.51. The van der Waals surface area contributed by atoms with E-state index in [1.54, 1.807) is 6.07 Å². The Morgan fingerprint density at radius 3 is 2.64 bits per heavy atom. The monoisotopic (exact) mass is 200 g/mol. The van der Waals surface area contributed by atoms with E-state index in [0.29, 0.717) is 0 Å². The summed E-state index contributed by atoms with van der Waals surface area (Å²) in [5.41, 5.74) is 0.134. The molecule has 0 aromatic heterocycles. The maximum absolute atomic E-state index is 13.0. The molecule has 0 fully saturated rings. The van der Waals surface area contributed by atoms with Crippen LogP contribution in [0.3, 0.4) is 0 Å². The molecule has 0 amide bonds. The Hall–Kier alpha value is -1.70. The Morgan fingerprint density at radius 2 is 2.14 bits per heavy atom. The fraction of sp³-hybridized carbons (Fsp3) is 0.222. The van der Waals surface area contributed by atoms with Gasteiger partial charge in [-0.05, 0) is 18.2 Å². The van der Waals surface area contributed by atoms with Gasteiger partial charge in [0.05, 0.1) is 23.9 Å². The lowest BCUT2D eigenvalue weighted by Crippen LogP contribution is -2.11. The first-order valence-corrected chi connectivity index (χ1v) is 3.85. The first-order chi connectivity index (χ1) is 6.63. The molecule has 0 aliphatic rings. The summed E-state index contributed by atoms with van der Waals surface area (Å²) in [5.74, 6) is -0.704. The lowest BCUT2D eigenvalue weighted by atomic mass is 10.2. The third-order valence-electron chi connectivity index (χ3n) is 1.55. The smallest absolute Gasteiger partial charge is 0.255 e. The van der Waals surface area contributed by atoms with E-state index in [1.807, 2.05) is 0 Å². The molecule has 1 N–H and O–H groups in total. The number of anilines is 1. The SMILES string of the molecule is N#Cc1ccc(NCC(F)F)c(F)c1. The minimum absolute atomic E-state index is 0.0238. The van der Waals surface area contributed by atoms with Crippen molar-refractivity contribution in [3.05, 3.63) is 29.6 Å². The number of hydrogen-bond donors (Lipinski definition) is 1. The van der Waals surface area contributed by atoms with Gasteiger partial charge in [-0.15, -0.1) is 0 Å². The molecule has 0 heterocycles. The Morgan fingerprint density at radius 1 is 1.43 bits per heavy atom. The molecule has 0 aliphatic heterocycles. The highest BCUT2D eigenvalue weighted by Gasteiger charge is 2.06. The van der Waals surface area contributed by atoms with E-state index in [9.17, 15) is 13.2 Å². The van der Waals surface area contributed by atoms with Gasteiger partial charge in [-0.2, -0.15) is 5.26 Å². The predicted molar refractivity (Wildman–Crippen MR) is 45.6 cm³/mol. The van der Waals surface area contributed by atoms with E-state index in [0.717, 1.165) is 6.07 Å². The van der Waals surface area contributed by atoms with Crippen molar-refractivity contribution in [3.63, 3.8) is 0 Å². The average molecular weight is 200 g/mol. The van der Waals surface area contributed by atoms with Gasteiger partial charge in [-0.3, -0.25) is 0 Å². The van der Waals surface area contributed by atoms with E-state index >= 15 is 0 Å². The normalized spacial score (nSPS) is 9.93.